The van der Waals surface area contributed by atoms with Crippen LogP contribution in [0.15, 0.2) is 58.5 Å². The molecule has 3 amide bonds. The van der Waals surface area contributed by atoms with Crippen molar-refractivity contribution in [3.63, 3.8) is 0 Å². The SMILES string of the molecule is NC(=O)NC(=O)CSc1nc2ccccc2c(=O)n1Cc1ccc(Cl)cc1. The number of fused-ring (bicyclic) bond motifs is 1. The molecule has 0 unspecified atom stereocenters. The summed E-state index contributed by atoms with van der Waals surface area (Å²) in [6, 6.07) is 13.2. The van der Waals surface area contributed by atoms with Crippen LogP contribution >= 0.6 is 23.4 Å². The summed E-state index contributed by atoms with van der Waals surface area (Å²) in [7, 11) is 0. The van der Waals surface area contributed by atoms with Gasteiger partial charge in [-0.25, -0.2) is 9.78 Å². The molecule has 7 nitrogen and oxygen atoms in total. The predicted octanol–water partition coefficient (Wildman–Crippen LogP) is 2.39. The number of carbonyl (C=O) groups is 2. The average molecular weight is 403 g/mol. The Hall–Kier alpha value is -2.84. The second kappa shape index (κ2) is 8.24. The van der Waals surface area contributed by atoms with Gasteiger partial charge in [-0.3, -0.25) is 19.5 Å². The molecular formula is C18H15ClN4O3S. The van der Waals surface area contributed by atoms with Crippen LogP contribution in [0.5, 0.6) is 0 Å². The summed E-state index contributed by atoms with van der Waals surface area (Å²) >= 11 is 6.97. The number of para-hydroxylation sites is 1. The third-order valence-corrected chi connectivity index (χ3v) is 4.90. The number of primary amides is 1. The number of amides is 3. The molecule has 0 aliphatic rings. The lowest BCUT2D eigenvalue weighted by Crippen LogP contribution is -2.36. The van der Waals surface area contributed by atoms with Gasteiger partial charge in [-0.15, -0.1) is 0 Å². The van der Waals surface area contributed by atoms with Crippen molar-refractivity contribution < 1.29 is 9.59 Å². The summed E-state index contributed by atoms with van der Waals surface area (Å²) in [5.41, 5.74) is 6.13. The summed E-state index contributed by atoms with van der Waals surface area (Å²) in [5.74, 6) is -0.665. The molecule has 0 bridgehead atoms. The molecule has 3 N–H and O–H groups in total. The maximum absolute atomic E-state index is 13.0. The molecule has 0 aliphatic carbocycles. The number of benzene rings is 2. The average Bonchev–Trinajstić information content (AvgIpc) is 2.64. The summed E-state index contributed by atoms with van der Waals surface area (Å²) in [6.45, 7) is 0.271. The van der Waals surface area contributed by atoms with Crippen LogP contribution in [-0.2, 0) is 11.3 Å². The summed E-state index contributed by atoms with van der Waals surface area (Å²) in [6.07, 6.45) is 0. The zero-order valence-electron chi connectivity index (χ0n) is 14.0. The Morgan fingerprint density at radius 1 is 1.15 bits per heavy atom. The van der Waals surface area contributed by atoms with Crippen LogP contribution < -0.4 is 16.6 Å². The molecule has 0 fully saturated rings. The number of hydrogen-bond acceptors (Lipinski definition) is 5. The van der Waals surface area contributed by atoms with E-state index in [0.29, 0.717) is 21.1 Å². The van der Waals surface area contributed by atoms with E-state index < -0.39 is 11.9 Å². The number of halogens is 1. The molecule has 1 heterocycles. The van der Waals surface area contributed by atoms with Crippen molar-refractivity contribution in [2.75, 3.05) is 5.75 Å². The number of carbonyl (C=O) groups excluding carboxylic acids is 2. The Morgan fingerprint density at radius 3 is 2.56 bits per heavy atom. The first kappa shape index (κ1) is 18.9. The molecule has 0 radical (unpaired) electrons. The van der Waals surface area contributed by atoms with Crippen LogP contribution in [0.25, 0.3) is 10.9 Å². The van der Waals surface area contributed by atoms with E-state index in [1.807, 2.05) is 17.4 Å². The van der Waals surface area contributed by atoms with E-state index in [4.69, 9.17) is 17.3 Å². The summed E-state index contributed by atoms with van der Waals surface area (Å²) in [4.78, 5) is 40.0. The van der Waals surface area contributed by atoms with Crippen LogP contribution in [0, 0.1) is 0 Å². The van der Waals surface area contributed by atoms with Gasteiger partial charge in [-0.05, 0) is 29.8 Å². The van der Waals surface area contributed by atoms with E-state index >= 15 is 0 Å². The fourth-order valence-electron chi connectivity index (χ4n) is 2.47. The van der Waals surface area contributed by atoms with Crippen LogP contribution in [0.1, 0.15) is 5.56 Å². The van der Waals surface area contributed by atoms with Gasteiger partial charge in [0, 0.05) is 5.02 Å². The van der Waals surface area contributed by atoms with Crippen molar-refractivity contribution >= 4 is 46.2 Å². The number of urea groups is 1. The van der Waals surface area contributed by atoms with Gasteiger partial charge in [-0.1, -0.05) is 47.6 Å². The second-order valence-corrected chi connectivity index (χ2v) is 7.01. The van der Waals surface area contributed by atoms with Gasteiger partial charge in [0.15, 0.2) is 5.16 Å². The quantitative estimate of drug-likeness (QED) is 0.503. The third kappa shape index (κ3) is 4.66. The summed E-state index contributed by atoms with van der Waals surface area (Å²) < 4.78 is 1.49. The third-order valence-electron chi connectivity index (χ3n) is 3.68. The van der Waals surface area contributed by atoms with Crippen molar-refractivity contribution in [3.8, 4) is 0 Å². The maximum Gasteiger partial charge on any atom is 0.318 e. The number of nitrogens with zero attached hydrogens (tertiary/aromatic N) is 2. The van der Waals surface area contributed by atoms with Crippen molar-refractivity contribution in [2.45, 2.75) is 11.7 Å². The Labute approximate surface area is 163 Å². The van der Waals surface area contributed by atoms with E-state index in [-0.39, 0.29) is 17.9 Å². The van der Waals surface area contributed by atoms with Crippen LogP contribution in [-0.4, -0.2) is 27.2 Å². The smallest absolute Gasteiger partial charge is 0.318 e. The zero-order valence-corrected chi connectivity index (χ0v) is 15.6. The highest BCUT2D eigenvalue weighted by atomic mass is 35.5. The monoisotopic (exact) mass is 402 g/mol. The molecular weight excluding hydrogens is 388 g/mol. The van der Waals surface area contributed by atoms with Gasteiger partial charge in [0.05, 0.1) is 23.2 Å². The second-order valence-electron chi connectivity index (χ2n) is 5.63. The van der Waals surface area contributed by atoms with Crippen LogP contribution in [0.4, 0.5) is 4.79 Å². The van der Waals surface area contributed by atoms with E-state index in [0.717, 1.165) is 17.3 Å². The largest absolute Gasteiger partial charge is 0.351 e. The van der Waals surface area contributed by atoms with E-state index in [1.165, 1.54) is 4.57 Å². The Morgan fingerprint density at radius 2 is 1.85 bits per heavy atom. The topological polar surface area (TPSA) is 107 Å². The Balaban J connectivity index is 1.98. The predicted molar refractivity (Wildman–Crippen MR) is 105 cm³/mol. The molecule has 3 aromatic rings. The lowest BCUT2D eigenvalue weighted by atomic mass is 10.2. The Kier molecular flexibility index (Phi) is 5.78. The standard InChI is InChI=1S/C18H15ClN4O3S/c19-12-7-5-11(6-8-12)9-23-16(25)13-3-1-2-4-14(13)21-18(23)27-10-15(24)22-17(20)26/h1-8H,9-10H2,(H3,20,22,24,26). The minimum absolute atomic E-state index is 0.103. The molecule has 0 aliphatic heterocycles. The highest BCUT2D eigenvalue weighted by molar-refractivity contribution is 7.99. The van der Waals surface area contributed by atoms with Gasteiger partial charge < -0.3 is 5.73 Å². The van der Waals surface area contributed by atoms with Crippen molar-refractivity contribution in [1.82, 2.24) is 14.9 Å². The van der Waals surface area contributed by atoms with E-state index in [9.17, 15) is 14.4 Å². The molecule has 0 spiro atoms. The van der Waals surface area contributed by atoms with Crippen molar-refractivity contribution in [2.24, 2.45) is 5.73 Å². The van der Waals surface area contributed by atoms with Crippen LogP contribution in [0.2, 0.25) is 5.02 Å². The molecule has 3 rings (SSSR count). The molecule has 27 heavy (non-hydrogen) atoms. The van der Waals surface area contributed by atoms with Crippen molar-refractivity contribution in [1.29, 1.82) is 0 Å². The highest BCUT2D eigenvalue weighted by Crippen LogP contribution is 2.19. The fourth-order valence-corrected chi connectivity index (χ4v) is 3.40. The number of aromatic nitrogens is 2. The minimum Gasteiger partial charge on any atom is -0.351 e. The molecule has 2 aromatic carbocycles. The number of imide groups is 1. The summed E-state index contributed by atoms with van der Waals surface area (Å²) in [5, 5.41) is 3.44. The van der Waals surface area contributed by atoms with Gasteiger partial charge in [-0.2, -0.15) is 0 Å². The van der Waals surface area contributed by atoms with Crippen molar-refractivity contribution in [3.05, 3.63) is 69.5 Å². The normalized spacial score (nSPS) is 10.7. The molecule has 0 atom stereocenters. The number of nitrogens with one attached hydrogen (secondary N) is 1. The number of rotatable bonds is 5. The van der Waals surface area contributed by atoms with Gasteiger partial charge in [0.25, 0.3) is 5.56 Å². The number of thioether (sulfide) groups is 1. The molecule has 0 saturated heterocycles. The first-order valence-corrected chi connectivity index (χ1v) is 9.26. The van der Waals surface area contributed by atoms with Gasteiger partial charge >= 0.3 is 6.03 Å². The van der Waals surface area contributed by atoms with E-state index in [2.05, 4.69) is 4.98 Å². The minimum atomic E-state index is -0.925. The highest BCUT2D eigenvalue weighted by Gasteiger charge is 2.14. The Bertz CT molecular complexity index is 1070. The van der Waals surface area contributed by atoms with Gasteiger partial charge in [0.1, 0.15) is 0 Å². The first-order valence-electron chi connectivity index (χ1n) is 7.90. The van der Waals surface area contributed by atoms with Gasteiger partial charge in [0.2, 0.25) is 5.91 Å². The maximum atomic E-state index is 13.0. The van der Waals surface area contributed by atoms with E-state index in [1.54, 1.807) is 36.4 Å². The lowest BCUT2D eigenvalue weighted by molar-refractivity contribution is -0.117. The zero-order chi connectivity index (χ0) is 19.4. The molecule has 0 saturated carbocycles. The first-order chi connectivity index (χ1) is 12.9. The molecule has 9 heteroatoms. The lowest BCUT2D eigenvalue weighted by Gasteiger charge is -2.13. The number of nitrogens with two attached hydrogens (primary N) is 1. The molecule has 1 aromatic heterocycles. The fraction of sp³-hybridized carbons (Fsp3) is 0.111. The molecule has 138 valence electrons. The van der Waals surface area contributed by atoms with Crippen LogP contribution in [0.3, 0.4) is 0 Å². The number of hydrogen-bond donors (Lipinski definition) is 2.